The third-order valence-corrected chi connectivity index (χ3v) is 4.51. The van der Waals surface area contributed by atoms with Crippen LogP contribution in [0, 0.1) is 5.92 Å². The number of benzene rings is 1. The summed E-state index contributed by atoms with van der Waals surface area (Å²) in [4.78, 5) is 0. The summed E-state index contributed by atoms with van der Waals surface area (Å²) in [5.41, 5.74) is 9.06. The zero-order valence-corrected chi connectivity index (χ0v) is 11.6. The fourth-order valence-corrected chi connectivity index (χ4v) is 3.25. The monoisotopic (exact) mass is 261 g/mol. The van der Waals surface area contributed by atoms with Crippen LogP contribution >= 0.6 is 0 Å². The van der Waals surface area contributed by atoms with E-state index in [1.165, 1.54) is 11.1 Å². The van der Waals surface area contributed by atoms with Gasteiger partial charge < -0.3 is 15.2 Å². The lowest BCUT2D eigenvalue weighted by Crippen LogP contribution is -2.34. The van der Waals surface area contributed by atoms with Crippen molar-refractivity contribution >= 4 is 0 Å². The third-order valence-electron chi connectivity index (χ3n) is 4.51. The number of hydrogen-bond donors (Lipinski definition) is 1. The Morgan fingerprint density at radius 1 is 1.37 bits per heavy atom. The van der Waals surface area contributed by atoms with Crippen molar-refractivity contribution in [2.24, 2.45) is 11.7 Å². The van der Waals surface area contributed by atoms with E-state index in [1.807, 2.05) is 0 Å². The van der Waals surface area contributed by atoms with Gasteiger partial charge in [-0.3, -0.25) is 0 Å². The van der Waals surface area contributed by atoms with Gasteiger partial charge in [-0.1, -0.05) is 12.1 Å². The molecule has 0 aromatic heterocycles. The number of aryl methyl sites for hydroxylation is 1. The number of rotatable bonds is 4. The van der Waals surface area contributed by atoms with Crippen LogP contribution in [0.5, 0.6) is 5.75 Å². The SMILES string of the molecule is CC1OCCC1C(N)CCc1ccc2c(c1)CCO2. The minimum Gasteiger partial charge on any atom is -0.493 e. The van der Waals surface area contributed by atoms with Gasteiger partial charge >= 0.3 is 0 Å². The van der Waals surface area contributed by atoms with Gasteiger partial charge in [0.1, 0.15) is 5.75 Å². The molecule has 0 amide bonds. The predicted octanol–water partition coefficient (Wildman–Crippen LogP) is 2.31. The van der Waals surface area contributed by atoms with Crippen molar-refractivity contribution in [2.75, 3.05) is 13.2 Å². The molecule has 0 saturated carbocycles. The van der Waals surface area contributed by atoms with Gasteiger partial charge in [-0.25, -0.2) is 0 Å². The molecule has 0 spiro atoms. The molecule has 3 heteroatoms. The number of ether oxygens (including phenoxy) is 2. The molecule has 19 heavy (non-hydrogen) atoms. The van der Waals surface area contributed by atoms with E-state index < -0.39 is 0 Å². The van der Waals surface area contributed by atoms with E-state index in [9.17, 15) is 0 Å². The molecule has 0 radical (unpaired) electrons. The maximum Gasteiger partial charge on any atom is 0.122 e. The Labute approximate surface area is 115 Å². The van der Waals surface area contributed by atoms with Gasteiger partial charge in [0.25, 0.3) is 0 Å². The van der Waals surface area contributed by atoms with Gasteiger partial charge in [-0.05, 0) is 43.4 Å². The molecule has 1 aromatic carbocycles. The zero-order chi connectivity index (χ0) is 13.2. The maximum absolute atomic E-state index is 6.33. The van der Waals surface area contributed by atoms with Gasteiger partial charge in [0.05, 0.1) is 12.7 Å². The van der Waals surface area contributed by atoms with E-state index in [-0.39, 0.29) is 6.04 Å². The second-order valence-corrected chi connectivity index (χ2v) is 5.77. The average molecular weight is 261 g/mol. The second-order valence-electron chi connectivity index (χ2n) is 5.77. The normalized spacial score (nSPS) is 27.1. The van der Waals surface area contributed by atoms with Crippen LogP contribution in [0.1, 0.15) is 30.9 Å². The summed E-state index contributed by atoms with van der Waals surface area (Å²) in [6.07, 6.45) is 4.57. The van der Waals surface area contributed by atoms with E-state index in [0.717, 1.165) is 44.6 Å². The fourth-order valence-electron chi connectivity index (χ4n) is 3.25. The summed E-state index contributed by atoms with van der Waals surface area (Å²) in [6, 6.07) is 6.81. The molecule has 3 unspecified atom stereocenters. The standard InChI is InChI=1S/C16H23NO2/c1-11-14(7-9-18-11)15(17)4-2-12-3-5-16-13(10-12)6-8-19-16/h3,5,10-11,14-15H,2,4,6-9,17H2,1H3. The van der Waals surface area contributed by atoms with Crippen LogP contribution in [0.15, 0.2) is 18.2 Å². The Morgan fingerprint density at radius 2 is 2.26 bits per heavy atom. The lowest BCUT2D eigenvalue weighted by molar-refractivity contribution is 0.0987. The Hall–Kier alpha value is -1.06. The summed E-state index contributed by atoms with van der Waals surface area (Å²) in [6.45, 7) is 3.84. The van der Waals surface area contributed by atoms with Crippen molar-refractivity contribution in [3.63, 3.8) is 0 Å². The quantitative estimate of drug-likeness (QED) is 0.904. The minimum atomic E-state index is 0.252. The smallest absolute Gasteiger partial charge is 0.122 e. The van der Waals surface area contributed by atoms with Crippen LogP contribution in [-0.2, 0) is 17.6 Å². The maximum atomic E-state index is 6.33. The van der Waals surface area contributed by atoms with Crippen molar-refractivity contribution in [2.45, 2.75) is 44.8 Å². The first-order valence-electron chi connectivity index (χ1n) is 7.36. The van der Waals surface area contributed by atoms with Crippen molar-refractivity contribution in [3.8, 4) is 5.75 Å². The van der Waals surface area contributed by atoms with E-state index >= 15 is 0 Å². The summed E-state index contributed by atoms with van der Waals surface area (Å²) in [5, 5.41) is 0. The molecule has 104 valence electrons. The molecule has 0 bridgehead atoms. The van der Waals surface area contributed by atoms with Crippen LogP contribution in [0.25, 0.3) is 0 Å². The highest BCUT2D eigenvalue weighted by Gasteiger charge is 2.29. The van der Waals surface area contributed by atoms with Gasteiger partial charge in [0.15, 0.2) is 0 Å². The molecule has 1 fully saturated rings. The van der Waals surface area contributed by atoms with Crippen LogP contribution < -0.4 is 10.5 Å². The Kier molecular flexibility index (Phi) is 3.76. The minimum absolute atomic E-state index is 0.252. The van der Waals surface area contributed by atoms with Crippen molar-refractivity contribution < 1.29 is 9.47 Å². The summed E-state index contributed by atoms with van der Waals surface area (Å²) in [7, 11) is 0. The molecular weight excluding hydrogens is 238 g/mol. The summed E-state index contributed by atoms with van der Waals surface area (Å²) < 4.78 is 11.1. The largest absolute Gasteiger partial charge is 0.493 e. The molecule has 3 nitrogen and oxygen atoms in total. The highest BCUT2D eigenvalue weighted by Crippen LogP contribution is 2.28. The molecule has 2 aliphatic rings. The van der Waals surface area contributed by atoms with Crippen LogP contribution in [0.4, 0.5) is 0 Å². The van der Waals surface area contributed by atoms with Crippen molar-refractivity contribution in [1.82, 2.24) is 0 Å². The third kappa shape index (κ3) is 2.77. The molecule has 2 heterocycles. The first-order chi connectivity index (χ1) is 9.24. The fraction of sp³-hybridized carbons (Fsp3) is 0.625. The number of fused-ring (bicyclic) bond motifs is 1. The van der Waals surface area contributed by atoms with E-state index in [0.29, 0.717) is 12.0 Å². The van der Waals surface area contributed by atoms with E-state index in [2.05, 4.69) is 25.1 Å². The number of nitrogens with two attached hydrogens (primary N) is 1. The molecule has 2 aliphatic heterocycles. The second kappa shape index (κ2) is 5.51. The molecule has 3 atom stereocenters. The molecule has 3 rings (SSSR count). The van der Waals surface area contributed by atoms with Crippen LogP contribution in [0.3, 0.4) is 0 Å². The van der Waals surface area contributed by atoms with Gasteiger partial charge in [0, 0.05) is 25.0 Å². The molecule has 1 saturated heterocycles. The van der Waals surface area contributed by atoms with Crippen molar-refractivity contribution in [3.05, 3.63) is 29.3 Å². The molecule has 0 aliphatic carbocycles. The summed E-state index contributed by atoms with van der Waals surface area (Å²) in [5.74, 6) is 1.59. The van der Waals surface area contributed by atoms with Crippen molar-refractivity contribution in [1.29, 1.82) is 0 Å². The number of hydrogen-bond acceptors (Lipinski definition) is 3. The topological polar surface area (TPSA) is 44.5 Å². The summed E-state index contributed by atoms with van der Waals surface area (Å²) >= 11 is 0. The van der Waals surface area contributed by atoms with Crippen LogP contribution in [0.2, 0.25) is 0 Å². The predicted molar refractivity (Wildman–Crippen MR) is 75.5 cm³/mol. The Morgan fingerprint density at radius 3 is 3.05 bits per heavy atom. The lowest BCUT2D eigenvalue weighted by atomic mass is 9.89. The first-order valence-corrected chi connectivity index (χ1v) is 7.36. The highest BCUT2D eigenvalue weighted by atomic mass is 16.5. The highest BCUT2D eigenvalue weighted by molar-refractivity contribution is 5.39. The molecule has 2 N–H and O–H groups in total. The average Bonchev–Trinajstić information content (AvgIpc) is 3.03. The first kappa shape index (κ1) is 12.9. The lowest BCUT2D eigenvalue weighted by Gasteiger charge is -2.22. The Balaban J connectivity index is 1.57. The van der Waals surface area contributed by atoms with Gasteiger partial charge in [-0.2, -0.15) is 0 Å². The Bertz CT molecular complexity index is 446. The van der Waals surface area contributed by atoms with Gasteiger partial charge in [-0.15, -0.1) is 0 Å². The van der Waals surface area contributed by atoms with Crippen LogP contribution in [-0.4, -0.2) is 25.4 Å². The van der Waals surface area contributed by atoms with E-state index in [4.69, 9.17) is 15.2 Å². The zero-order valence-electron chi connectivity index (χ0n) is 11.6. The molecule has 1 aromatic rings. The van der Waals surface area contributed by atoms with E-state index in [1.54, 1.807) is 0 Å². The van der Waals surface area contributed by atoms with Gasteiger partial charge in [0.2, 0.25) is 0 Å². The molecular formula is C16H23NO2.